The van der Waals surface area contributed by atoms with Crippen molar-refractivity contribution in [1.82, 2.24) is 19.9 Å². The van der Waals surface area contributed by atoms with Crippen LogP contribution in [-0.4, -0.2) is 35.2 Å². The van der Waals surface area contributed by atoms with E-state index in [9.17, 15) is 5.11 Å². The number of nitrogens with zero attached hydrogens (tertiary/aromatic N) is 4. The van der Waals surface area contributed by atoms with Gasteiger partial charge in [-0.1, -0.05) is 29.4 Å². The summed E-state index contributed by atoms with van der Waals surface area (Å²) in [6.07, 6.45) is 0. The fourth-order valence-electron chi connectivity index (χ4n) is 4.75. The molecule has 0 saturated heterocycles. The van der Waals surface area contributed by atoms with Crippen LogP contribution in [0.2, 0.25) is 0 Å². The van der Waals surface area contributed by atoms with Crippen LogP contribution in [0.3, 0.4) is 0 Å². The second kappa shape index (κ2) is 13.4. The van der Waals surface area contributed by atoms with Gasteiger partial charge >= 0.3 is 0 Å². The second-order valence-electron chi connectivity index (χ2n) is 10.2. The Balaban J connectivity index is 0.000000148. The Labute approximate surface area is 255 Å². The molecule has 0 radical (unpaired) electrons. The van der Waals surface area contributed by atoms with Crippen molar-refractivity contribution in [3.05, 3.63) is 106 Å². The Morgan fingerprint density at radius 2 is 1.07 bits per heavy atom. The van der Waals surface area contributed by atoms with E-state index in [1.807, 2.05) is 89.7 Å². The van der Waals surface area contributed by atoms with E-state index in [4.69, 9.17) is 14.7 Å². The Morgan fingerprint density at radius 1 is 0.605 bits per heavy atom. The number of aromatic hydroxyl groups is 3. The number of hydrogen-bond donors (Lipinski definition) is 3. The van der Waals surface area contributed by atoms with Gasteiger partial charge in [0.25, 0.3) is 0 Å². The fourth-order valence-corrected chi connectivity index (χ4v) is 5.68. The highest BCUT2D eigenvalue weighted by Gasteiger charge is 2.12. The van der Waals surface area contributed by atoms with Crippen molar-refractivity contribution in [1.29, 1.82) is 0 Å². The second-order valence-corrected chi connectivity index (χ2v) is 11.4. The van der Waals surface area contributed by atoms with E-state index in [1.54, 1.807) is 47.7 Å². The molecule has 8 nitrogen and oxygen atoms in total. The number of phenols is 3. The summed E-state index contributed by atoms with van der Waals surface area (Å²) in [5, 5.41) is 36.9. The molecule has 6 rings (SSSR count). The highest BCUT2D eigenvalue weighted by Crippen LogP contribution is 2.31. The van der Waals surface area contributed by atoms with Crippen LogP contribution in [0.4, 0.5) is 0 Å². The van der Waals surface area contributed by atoms with E-state index >= 15 is 0 Å². The van der Waals surface area contributed by atoms with Crippen molar-refractivity contribution in [3.8, 4) is 49.9 Å². The van der Waals surface area contributed by atoms with Crippen LogP contribution in [0.15, 0.2) is 77.3 Å². The van der Waals surface area contributed by atoms with Crippen LogP contribution < -0.4 is 0 Å². The summed E-state index contributed by atoms with van der Waals surface area (Å²) in [6.45, 7) is 11.8. The van der Waals surface area contributed by atoms with Crippen molar-refractivity contribution in [2.45, 2.75) is 41.5 Å². The van der Waals surface area contributed by atoms with E-state index in [-0.39, 0.29) is 11.5 Å². The van der Waals surface area contributed by atoms with E-state index in [2.05, 4.69) is 15.2 Å². The van der Waals surface area contributed by atoms with E-state index in [1.165, 1.54) is 4.88 Å². The Bertz CT molecular complexity index is 1780. The molecule has 0 atom stereocenters. The molecule has 0 bridgehead atoms. The molecule has 9 heteroatoms. The van der Waals surface area contributed by atoms with Crippen LogP contribution in [0, 0.1) is 41.5 Å². The molecule has 0 unspecified atom stereocenters. The Hall–Kier alpha value is -4.89. The van der Waals surface area contributed by atoms with Gasteiger partial charge in [0.15, 0.2) is 0 Å². The van der Waals surface area contributed by atoms with Crippen LogP contribution in [0.5, 0.6) is 17.2 Å². The third kappa shape index (κ3) is 7.50. The number of phenolic OH excluding ortho intramolecular Hbond substituents is 3. The quantitative estimate of drug-likeness (QED) is 0.188. The maximum Gasteiger partial charge on any atom is 0.141 e. The lowest BCUT2D eigenvalue weighted by atomic mass is 10.0. The van der Waals surface area contributed by atoms with Crippen LogP contribution >= 0.6 is 11.3 Å². The predicted octanol–water partition coefficient (Wildman–Crippen LogP) is 8.21. The van der Waals surface area contributed by atoms with Crippen LogP contribution in [-0.2, 0) is 7.05 Å². The largest absolute Gasteiger partial charge is 0.508 e. The zero-order valence-corrected chi connectivity index (χ0v) is 26.2. The van der Waals surface area contributed by atoms with Crippen molar-refractivity contribution >= 4 is 11.3 Å². The molecule has 0 fully saturated rings. The monoisotopic (exact) mass is 596 g/mol. The maximum atomic E-state index is 9.23. The minimum atomic E-state index is 0.264. The van der Waals surface area contributed by atoms with Crippen molar-refractivity contribution < 1.29 is 19.8 Å². The number of rotatable bonds is 3. The first-order valence-electron chi connectivity index (χ1n) is 13.7. The number of benzene rings is 3. The first-order chi connectivity index (χ1) is 20.4. The Kier molecular flexibility index (Phi) is 9.67. The number of aryl methyl sites for hydroxylation is 6. The maximum absolute atomic E-state index is 9.23. The zero-order valence-electron chi connectivity index (χ0n) is 25.4. The molecule has 0 aliphatic carbocycles. The van der Waals surface area contributed by atoms with Gasteiger partial charge in [-0.3, -0.25) is 4.68 Å². The van der Waals surface area contributed by atoms with Gasteiger partial charge in [0.1, 0.15) is 23.0 Å². The molecule has 3 N–H and O–H groups in total. The van der Waals surface area contributed by atoms with Gasteiger partial charge in [0.05, 0.1) is 27.0 Å². The van der Waals surface area contributed by atoms with Gasteiger partial charge in [-0.25, -0.2) is 4.98 Å². The molecule has 3 aromatic carbocycles. The topological polar surface area (TPSA) is 117 Å². The lowest BCUT2D eigenvalue weighted by Crippen LogP contribution is -1.92. The van der Waals surface area contributed by atoms with Crippen LogP contribution in [0.25, 0.3) is 32.7 Å². The molecule has 0 aliphatic heterocycles. The minimum Gasteiger partial charge on any atom is -0.508 e. The molecule has 3 heterocycles. The summed E-state index contributed by atoms with van der Waals surface area (Å²) in [4.78, 5) is 5.55. The molecular weight excluding hydrogens is 560 g/mol. The summed E-state index contributed by atoms with van der Waals surface area (Å²) in [5.41, 5.74) is 9.45. The molecular formula is C34H36N4O4S. The van der Waals surface area contributed by atoms with E-state index in [0.717, 1.165) is 61.4 Å². The number of aromatic nitrogens is 4. The summed E-state index contributed by atoms with van der Waals surface area (Å²) in [5.74, 6) is 1.65. The molecule has 3 aromatic heterocycles. The summed E-state index contributed by atoms with van der Waals surface area (Å²) in [6, 6.07) is 21.4. The van der Waals surface area contributed by atoms with Gasteiger partial charge < -0.3 is 19.8 Å². The van der Waals surface area contributed by atoms with Gasteiger partial charge in [-0.2, -0.15) is 5.10 Å². The first kappa shape index (κ1) is 31.1. The smallest absolute Gasteiger partial charge is 0.141 e. The van der Waals surface area contributed by atoms with Gasteiger partial charge in [0, 0.05) is 23.9 Å². The molecule has 222 valence electrons. The van der Waals surface area contributed by atoms with Crippen molar-refractivity contribution in [3.63, 3.8) is 0 Å². The van der Waals surface area contributed by atoms with Gasteiger partial charge in [0.2, 0.25) is 0 Å². The average molecular weight is 597 g/mol. The molecule has 0 amide bonds. The lowest BCUT2D eigenvalue weighted by Gasteiger charge is -2.02. The lowest BCUT2D eigenvalue weighted by molar-refractivity contribution is 0.393. The van der Waals surface area contributed by atoms with Crippen LogP contribution in [0.1, 0.15) is 33.5 Å². The van der Waals surface area contributed by atoms with Crippen molar-refractivity contribution in [2.24, 2.45) is 7.05 Å². The molecule has 6 aromatic rings. The molecule has 0 saturated carbocycles. The summed E-state index contributed by atoms with van der Waals surface area (Å²) in [7, 11) is 1.94. The average Bonchev–Trinajstić information content (AvgIpc) is 3.58. The van der Waals surface area contributed by atoms with E-state index < -0.39 is 0 Å². The van der Waals surface area contributed by atoms with Crippen molar-refractivity contribution in [2.75, 3.05) is 0 Å². The third-order valence-electron chi connectivity index (χ3n) is 6.89. The molecule has 0 spiro atoms. The molecule has 0 aliphatic rings. The standard InChI is InChI=1S/C12H14N2O.C11H11NO2.C11H11NOS/c1-8-12(9(2)14(3)13-8)10-4-6-11(15)7-5-10;1-7-11(8(2)14-12-7)9-3-5-10(13)6-4-9;1-7-11(14-8(2)12-7)9-3-5-10(13)6-4-9/h4-7,15H,1-3H3;2*3-6,13H,1-2H3. The third-order valence-corrected chi connectivity index (χ3v) is 8.01. The van der Waals surface area contributed by atoms with E-state index in [0.29, 0.717) is 5.75 Å². The SMILES string of the molecule is Cc1nc(C)c(-c2ccc(O)cc2)s1.Cc1nn(C)c(C)c1-c1ccc(O)cc1.Cc1noc(C)c1-c1ccc(O)cc1. The first-order valence-corrected chi connectivity index (χ1v) is 14.5. The summed E-state index contributed by atoms with van der Waals surface area (Å²) < 4.78 is 6.94. The number of hydrogen-bond acceptors (Lipinski definition) is 8. The number of thiazole rings is 1. The normalized spacial score (nSPS) is 10.5. The highest BCUT2D eigenvalue weighted by atomic mass is 32.1. The molecule has 43 heavy (non-hydrogen) atoms. The Morgan fingerprint density at radius 3 is 1.44 bits per heavy atom. The van der Waals surface area contributed by atoms with Gasteiger partial charge in [-0.15, -0.1) is 11.3 Å². The van der Waals surface area contributed by atoms with Gasteiger partial charge in [-0.05, 0) is 107 Å². The highest BCUT2D eigenvalue weighted by molar-refractivity contribution is 7.15. The fraction of sp³-hybridized carbons (Fsp3) is 0.206. The predicted molar refractivity (Wildman–Crippen MR) is 172 cm³/mol. The minimum absolute atomic E-state index is 0.264. The zero-order chi connectivity index (χ0) is 31.3. The summed E-state index contributed by atoms with van der Waals surface area (Å²) >= 11 is 1.68.